The first kappa shape index (κ1) is 20.3. The second-order valence-corrected chi connectivity index (χ2v) is 6.88. The van der Waals surface area contributed by atoms with Crippen molar-refractivity contribution in [2.75, 3.05) is 12.0 Å². The Bertz CT molecular complexity index is 1050. The van der Waals surface area contributed by atoms with Crippen molar-refractivity contribution in [2.24, 2.45) is 5.10 Å². The van der Waals surface area contributed by atoms with Crippen LogP contribution in [0.5, 0.6) is 0 Å². The highest BCUT2D eigenvalue weighted by atomic mass is 16.5. The fraction of sp³-hybridized carbons (Fsp3) is 0.261. The van der Waals surface area contributed by atoms with Gasteiger partial charge in [0.05, 0.1) is 35.0 Å². The van der Waals surface area contributed by atoms with E-state index in [0.717, 1.165) is 22.6 Å². The smallest absolute Gasteiger partial charge is 0.359 e. The van der Waals surface area contributed by atoms with Crippen molar-refractivity contribution < 1.29 is 9.53 Å². The van der Waals surface area contributed by atoms with Crippen molar-refractivity contribution in [3.05, 3.63) is 76.6 Å². The van der Waals surface area contributed by atoms with E-state index in [4.69, 9.17) is 4.74 Å². The van der Waals surface area contributed by atoms with Gasteiger partial charge in [-0.05, 0) is 70.0 Å². The largest absolute Gasteiger partial charge is 0.461 e. The van der Waals surface area contributed by atoms with Crippen molar-refractivity contribution in [1.82, 2.24) is 9.78 Å². The second kappa shape index (κ2) is 8.73. The lowest BCUT2D eigenvalue weighted by atomic mass is 10.1. The Morgan fingerprint density at radius 2 is 1.83 bits per heavy atom. The minimum Gasteiger partial charge on any atom is -0.461 e. The predicted octanol–water partition coefficient (Wildman–Crippen LogP) is 4.81. The molecule has 0 spiro atoms. The first-order chi connectivity index (χ1) is 13.9. The molecule has 0 aliphatic heterocycles. The monoisotopic (exact) mass is 390 g/mol. The van der Waals surface area contributed by atoms with Crippen molar-refractivity contribution >= 4 is 17.4 Å². The van der Waals surface area contributed by atoms with E-state index in [-0.39, 0.29) is 12.3 Å². The van der Waals surface area contributed by atoms with Gasteiger partial charge in [0.25, 0.3) is 0 Å². The van der Waals surface area contributed by atoms with E-state index in [2.05, 4.69) is 35.5 Å². The molecule has 0 atom stereocenters. The highest BCUT2D eigenvalue weighted by molar-refractivity contribution is 6.08. The Kier molecular flexibility index (Phi) is 6.12. The Morgan fingerprint density at radius 3 is 2.48 bits per heavy atom. The third kappa shape index (κ3) is 4.37. The lowest BCUT2D eigenvalue weighted by molar-refractivity contribution is 0.0518. The number of aromatic nitrogens is 2. The molecule has 0 saturated carbocycles. The summed E-state index contributed by atoms with van der Waals surface area (Å²) in [5.41, 5.74) is 9.57. The van der Waals surface area contributed by atoms with Crippen LogP contribution in [-0.2, 0) is 4.74 Å². The number of hydrogen-bond acceptors (Lipinski definition) is 5. The zero-order chi connectivity index (χ0) is 21.0. The first-order valence-electron chi connectivity index (χ1n) is 9.62. The molecule has 0 unspecified atom stereocenters. The summed E-state index contributed by atoms with van der Waals surface area (Å²) in [6, 6.07) is 15.8. The van der Waals surface area contributed by atoms with Gasteiger partial charge in [-0.1, -0.05) is 24.3 Å². The molecule has 1 N–H and O–H groups in total. The van der Waals surface area contributed by atoms with Crippen LogP contribution in [0.4, 0.5) is 5.69 Å². The van der Waals surface area contributed by atoms with Crippen LogP contribution in [0.3, 0.4) is 0 Å². The van der Waals surface area contributed by atoms with Gasteiger partial charge in [0.1, 0.15) is 0 Å². The number of rotatable bonds is 6. The van der Waals surface area contributed by atoms with E-state index in [1.165, 1.54) is 5.56 Å². The van der Waals surface area contributed by atoms with Gasteiger partial charge in [0.2, 0.25) is 0 Å². The molecule has 0 saturated heterocycles. The topological polar surface area (TPSA) is 68.5 Å². The molecule has 29 heavy (non-hydrogen) atoms. The summed E-state index contributed by atoms with van der Waals surface area (Å²) in [6.07, 6.45) is 0. The van der Waals surface area contributed by atoms with Gasteiger partial charge in [-0.2, -0.15) is 10.2 Å². The summed E-state index contributed by atoms with van der Waals surface area (Å²) in [7, 11) is 0. The molecule has 6 heteroatoms. The number of carbonyl (C=O) groups is 1. The van der Waals surface area contributed by atoms with Gasteiger partial charge >= 0.3 is 5.97 Å². The molecule has 0 aliphatic rings. The van der Waals surface area contributed by atoms with Crippen LogP contribution in [0, 0.1) is 20.8 Å². The number of nitrogens with zero attached hydrogens (tertiary/aromatic N) is 3. The first-order valence-corrected chi connectivity index (χ1v) is 9.62. The fourth-order valence-corrected chi connectivity index (χ4v) is 3.10. The van der Waals surface area contributed by atoms with Crippen LogP contribution in [0.15, 0.2) is 53.6 Å². The molecule has 3 rings (SSSR count). The third-order valence-electron chi connectivity index (χ3n) is 4.81. The number of carbonyl (C=O) groups excluding carboxylic acids is 1. The van der Waals surface area contributed by atoms with E-state index in [1.54, 1.807) is 11.6 Å². The summed E-state index contributed by atoms with van der Waals surface area (Å²) in [5.74, 6) is -0.456. The molecule has 1 aromatic heterocycles. The maximum atomic E-state index is 12.6. The number of aryl methyl sites for hydroxylation is 2. The lowest BCUT2D eigenvalue weighted by Crippen LogP contribution is -2.11. The Morgan fingerprint density at radius 1 is 1.10 bits per heavy atom. The third-order valence-corrected chi connectivity index (χ3v) is 4.81. The summed E-state index contributed by atoms with van der Waals surface area (Å²) in [6.45, 7) is 9.97. The number of nitrogens with one attached hydrogen (secondary N) is 1. The highest BCUT2D eigenvalue weighted by Gasteiger charge is 2.24. The predicted molar refractivity (Wildman–Crippen MR) is 116 cm³/mol. The minimum atomic E-state index is -0.456. The van der Waals surface area contributed by atoms with Crippen molar-refractivity contribution in [3.63, 3.8) is 0 Å². The number of para-hydroxylation sites is 1. The van der Waals surface area contributed by atoms with E-state index in [9.17, 15) is 4.79 Å². The zero-order valence-electron chi connectivity index (χ0n) is 17.5. The van der Waals surface area contributed by atoms with Crippen molar-refractivity contribution in [2.45, 2.75) is 34.6 Å². The maximum absolute atomic E-state index is 12.6. The summed E-state index contributed by atoms with van der Waals surface area (Å²) in [4.78, 5) is 12.6. The molecule has 2 aromatic carbocycles. The molecule has 0 bridgehead atoms. The van der Waals surface area contributed by atoms with Gasteiger partial charge in [-0.15, -0.1) is 0 Å². The molecular formula is C23H26N4O2. The number of hydrazone groups is 1. The number of anilines is 1. The standard InChI is InChI=1S/C23H26N4O2/c1-6-29-23(28)22-21(17(4)24-25-19-10-8-7-9-11-19)18(5)27(26-22)20-13-12-15(2)16(3)14-20/h7-14,25H,6H2,1-5H3/b24-17-. The van der Waals surface area contributed by atoms with Crippen molar-refractivity contribution in [3.8, 4) is 5.69 Å². The van der Waals surface area contributed by atoms with Crippen LogP contribution in [0.2, 0.25) is 0 Å². The summed E-state index contributed by atoms with van der Waals surface area (Å²) >= 11 is 0. The molecule has 0 amide bonds. The van der Waals surface area contributed by atoms with E-state index < -0.39 is 5.97 Å². The molecule has 150 valence electrons. The van der Waals surface area contributed by atoms with E-state index in [0.29, 0.717) is 11.3 Å². The maximum Gasteiger partial charge on any atom is 0.359 e. The van der Waals surface area contributed by atoms with E-state index >= 15 is 0 Å². The normalized spacial score (nSPS) is 11.4. The number of hydrogen-bond donors (Lipinski definition) is 1. The van der Waals surface area contributed by atoms with E-state index in [1.807, 2.05) is 56.3 Å². The van der Waals surface area contributed by atoms with Crippen LogP contribution < -0.4 is 5.43 Å². The Labute approximate surface area is 171 Å². The molecule has 1 heterocycles. The molecule has 6 nitrogen and oxygen atoms in total. The van der Waals surface area contributed by atoms with Gasteiger partial charge in [0, 0.05) is 0 Å². The van der Waals surface area contributed by atoms with Crippen LogP contribution in [-0.4, -0.2) is 28.1 Å². The molecule has 0 aliphatic carbocycles. The minimum absolute atomic E-state index is 0.263. The molecule has 3 aromatic rings. The quantitative estimate of drug-likeness (QED) is 0.373. The van der Waals surface area contributed by atoms with Gasteiger partial charge < -0.3 is 4.74 Å². The SMILES string of the molecule is CCOC(=O)c1nn(-c2ccc(C)c(C)c2)c(C)c1/C(C)=N\Nc1ccccc1. The van der Waals surface area contributed by atoms with Crippen LogP contribution in [0.25, 0.3) is 5.69 Å². The molecule has 0 fully saturated rings. The molecule has 0 radical (unpaired) electrons. The summed E-state index contributed by atoms with van der Waals surface area (Å²) < 4.78 is 7.01. The van der Waals surface area contributed by atoms with Crippen molar-refractivity contribution in [1.29, 1.82) is 0 Å². The average molecular weight is 390 g/mol. The highest BCUT2D eigenvalue weighted by Crippen LogP contribution is 2.22. The van der Waals surface area contributed by atoms with Gasteiger partial charge in [0.15, 0.2) is 5.69 Å². The fourth-order valence-electron chi connectivity index (χ4n) is 3.10. The number of esters is 1. The van der Waals surface area contributed by atoms with Crippen LogP contribution in [0.1, 0.15) is 46.7 Å². The van der Waals surface area contributed by atoms with Crippen LogP contribution >= 0.6 is 0 Å². The Balaban J connectivity index is 2.07. The summed E-state index contributed by atoms with van der Waals surface area (Å²) in [5, 5.41) is 9.05. The Hall–Kier alpha value is -3.41. The van der Waals surface area contributed by atoms with Gasteiger partial charge in [-0.25, -0.2) is 9.48 Å². The number of benzene rings is 2. The van der Waals surface area contributed by atoms with Gasteiger partial charge in [-0.3, -0.25) is 5.43 Å². The molecular weight excluding hydrogens is 364 g/mol. The lowest BCUT2D eigenvalue weighted by Gasteiger charge is -2.08. The second-order valence-electron chi connectivity index (χ2n) is 6.88. The zero-order valence-corrected chi connectivity index (χ0v) is 17.5. The average Bonchev–Trinajstić information content (AvgIpc) is 3.06. The number of ether oxygens (including phenoxy) is 1.